The third-order valence-corrected chi connectivity index (χ3v) is 1.54. The SMILES string of the molecule is OCCCCC(CO)CO.OP(O)O. The highest BCUT2D eigenvalue weighted by Gasteiger charge is 2.03. The molecular formula is C7H19O6P. The van der Waals surface area contributed by atoms with E-state index in [1.54, 1.807) is 0 Å². The van der Waals surface area contributed by atoms with Gasteiger partial charge >= 0.3 is 8.60 Å². The highest BCUT2D eigenvalue weighted by Crippen LogP contribution is 2.11. The first-order valence-electron chi connectivity index (χ1n) is 4.27. The van der Waals surface area contributed by atoms with Gasteiger partial charge in [-0.2, -0.15) is 0 Å². The predicted octanol–water partition coefficient (Wildman–Crippen LogP) is -1.06. The van der Waals surface area contributed by atoms with Crippen molar-refractivity contribution in [3.63, 3.8) is 0 Å². The van der Waals surface area contributed by atoms with Gasteiger partial charge in [0.15, 0.2) is 0 Å². The lowest BCUT2D eigenvalue weighted by atomic mass is 10.0. The number of aliphatic hydroxyl groups is 3. The summed E-state index contributed by atoms with van der Waals surface area (Å²) in [7, 11) is -2.62. The van der Waals surface area contributed by atoms with Crippen LogP contribution in [0.4, 0.5) is 0 Å². The van der Waals surface area contributed by atoms with Crippen LogP contribution in [0.3, 0.4) is 0 Å². The average Bonchev–Trinajstić information content (AvgIpc) is 2.12. The number of hydrogen-bond donors (Lipinski definition) is 6. The average molecular weight is 230 g/mol. The molecule has 0 spiro atoms. The lowest BCUT2D eigenvalue weighted by Gasteiger charge is -2.08. The molecule has 6 N–H and O–H groups in total. The van der Waals surface area contributed by atoms with E-state index in [4.69, 9.17) is 30.0 Å². The minimum absolute atomic E-state index is 0.00606. The third-order valence-electron chi connectivity index (χ3n) is 1.54. The van der Waals surface area contributed by atoms with Crippen LogP contribution in [0.5, 0.6) is 0 Å². The van der Waals surface area contributed by atoms with Crippen LogP contribution in [-0.2, 0) is 0 Å². The molecule has 0 amide bonds. The standard InChI is InChI=1S/C7H16O3.H3O3P/c8-4-2-1-3-7(5-9)6-10;1-4(2)3/h7-10H,1-6H2;1-3H. The van der Waals surface area contributed by atoms with Crippen LogP contribution in [0.15, 0.2) is 0 Å². The lowest BCUT2D eigenvalue weighted by Crippen LogP contribution is -2.10. The van der Waals surface area contributed by atoms with Crippen molar-refractivity contribution in [3.05, 3.63) is 0 Å². The quantitative estimate of drug-likeness (QED) is 0.255. The molecular weight excluding hydrogens is 211 g/mol. The molecule has 0 fully saturated rings. The van der Waals surface area contributed by atoms with Gasteiger partial charge in [0, 0.05) is 25.7 Å². The van der Waals surface area contributed by atoms with Crippen LogP contribution in [0, 0.1) is 5.92 Å². The van der Waals surface area contributed by atoms with Gasteiger partial charge in [-0.1, -0.05) is 6.42 Å². The van der Waals surface area contributed by atoms with E-state index in [9.17, 15) is 0 Å². The van der Waals surface area contributed by atoms with Gasteiger partial charge in [-0.15, -0.1) is 0 Å². The molecule has 0 aliphatic heterocycles. The first-order chi connectivity index (χ1) is 6.58. The Kier molecular flexibility index (Phi) is 15.7. The fourth-order valence-corrected chi connectivity index (χ4v) is 0.785. The van der Waals surface area contributed by atoms with Gasteiger partial charge in [0.1, 0.15) is 0 Å². The summed E-state index contributed by atoms with van der Waals surface area (Å²) < 4.78 is 0. The van der Waals surface area contributed by atoms with Gasteiger partial charge < -0.3 is 30.0 Å². The Labute approximate surface area is 84.5 Å². The molecule has 88 valence electrons. The van der Waals surface area contributed by atoms with Crippen molar-refractivity contribution in [1.29, 1.82) is 0 Å². The molecule has 0 aromatic rings. The molecule has 7 heteroatoms. The second-order valence-corrected chi connectivity index (χ2v) is 3.26. The maximum Gasteiger partial charge on any atom is 0.324 e. The summed E-state index contributed by atoms with van der Waals surface area (Å²) in [4.78, 5) is 21.7. The second-order valence-electron chi connectivity index (χ2n) is 2.72. The van der Waals surface area contributed by atoms with Gasteiger partial charge in [0.2, 0.25) is 0 Å². The highest BCUT2D eigenvalue weighted by atomic mass is 31.2. The minimum Gasteiger partial charge on any atom is -0.396 e. The largest absolute Gasteiger partial charge is 0.396 e. The molecule has 14 heavy (non-hydrogen) atoms. The predicted molar refractivity (Wildman–Crippen MR) is 52.2 cm³/mol. The van der Waals surface area contributed by atoms with Crippen LogP contribution in [0.1, 0.15) is 19.3 Å². The number of aliphatic hydroxyl groups excluding tert-OH is 3. The molecule has 0 aromatic heterocycles. The van der Waals surface area contributed by atoms with Crippen molar-refractivity contribution >= 4 is 8.60 Å². The Morgan fingerprint density at radius 2 is 1.29 bits per heavy atom. The Morgan fingerprint density at radius 1 is 0.857 bits per heavy atom. The summed E-state index contributed by atoms with van der Waals surface area (Å²) >= 11 is 0. The van der Waals surface area contributed by atoms with E-state index < -0.39 is 8.60 Å². The van der Waals surface area contributed by atoms with E-state index in [1.165, 1.54) is 0 Å². The van der Waals surface area contributed by atoms with Crippen molar-refractivity contribution in [2.75, 3.05) is 19.8 Å². The van der Waals surface area contributed by atoms with E-state index >= 15 is 0 Å². The highest BCUT2D eigenvalue weighted by molar-refractivity contribution is 7.38. The Bertz CT molecular complexity index is 95.4. The van der Waals surface area contributed by atoms with Crippen LogP contribution in [0.25, 0.3) is 0 Å². The van der Waals surface area contributed by atoms with E-state index in [0.717, 1.165) is 19.3 Å². The van der Waals surface area contributed by atoms with E-state index in [1.807, 2.05) is 0 Å². The zero-order valence-corrected chi connectivity index (χ0v) is 8.84. The van der Waals surface area contributed by atoms with Gasteiger partial charge in [-0.25, -0.2) is 0 Å². The molecule has 0 aromatic carbocycles. The fourth-order valence-electron chi connectivity index (χ4n) is 0.785. The number of unbranched alkanes of at least 4 members (excludes halogenated alkanes) is 1. The molecule has 0 unspecified atom stereocenters. The number of rotatable bonds is 6. The lowest BCUT2D eigenvalue weighted by molar-refractivity contribution is 0.139. The van der Waals surface area contributed by atoms with Crippen LogP contribution >= 0.6 is 8.60 Å². The van der Waals surface area contributed by atoms with E-state index in [0.29, 0.717) is 0 Å². The van der Waals surface area contributed by atoms with E-state index in [-0.39, 0.29) is 25.7 Å². The van der Waals surface area contributed by atoms with E-state index in [2.05, 4.69) is 0 Å². The molecule has 6 nitrogen and oxygen atoms in total. The van der Waals surface area contributed by atoms with Crippen LogP contribution in [-0.4, -0.2) is 49.8 Å². The zero-order valence-electron chi connectivity index (χ0n) is 7.95. The molecule has 0 aliphatic carbocycles. The van der Waals surface area contributed by atoms with Crippen molar-refractivity contribution in [2.24, 2.45) is 5.92 Å². The van der Waals surface area contributed by atoms with Gasteiger partial charge in [0.25, 0.3) is 0 Å². The normalized spacial score (nSPS) is 10.3. The maximum atomic E-state index is 8.60. The van der Waals surface area contributed by atoms with Gasteiger partial charge in [-0.05, 0) is 12.8 Å². The topological polar surface area (TPSA) is 121 Å². The summed E-state index contributed by atoms with van der Waals surface area (Å²) in [5, 5.41) is 25.6. The van der Waals surface area contributed by atoms with Crippen LogP contribution in [0.2, 0.25) is 0 Å². The summed E-state index contributed by atoms with van der Waals surface area (Å²) in [5.41, 5.74) is 0. The first kappa shape index (κ1) is 16.6. The number of hydrogen-bond acceptors (Lipinski definition) is 6. The first-order valence-corrected chi connectivity index (χ1v) is 5.47. The van der Waals surface area contributed by atoms with Crippen molar-refractivity contribution in [2.45, 2.75) is 19.3 Å². The summed E-state index contributed by atoms with van der Waals surface area (Å²) in [6.45, 7) is 0.285. The minimum atomic E-state index is -2.62. The molecule has 0 atom stereocenters. The Hall–Kier alpha value is 0.190. The molecule has 0 rings (SSSR count). The Morgan fingerprint density at radius 3 is 1.57 bits per heavy atom. The maximum absolute atomic E-state index is 8.60. The molecule has 0 saturated carbocycles. The summed E-state index contributed by atoms with van der Waals surface area (Å²) in [6, 6.07) is 0. The monoisotopic (exact) mass is 230 g/mol. The summed E-state index contributed by atoms with van der Waals surface area (Å²) in [6.07, 6.45) is 2.44. The van der Waals surface area contributed by atoms with Gasteiger partial charge in [0.05, 0.1) is 0 Å². The third kappa shape index (κ3) is 18.1. The molecule has 0 heterocycles. The Balaban J connectivity index is 0. The van der Waals surface area contributed by atoms with Gasteiger partial charge in [-0.3, -0.25) is 0 Å². The van der Waals surface area contributed by atoms with Crippen LogP contribution < -0.4 is 0 Å². The summed E-state index contributed by atoms with van der Waals surface area (Å²) in [5.74, 6) is 0.00606. The van der Waals surface area contributed by atoms with Crippen molar-refractivity contribution in [3.8, 4) is 0 Å². The molecule has 0 radical (unpaired) electrons. The smallest absolute Gasteiger partial charge is 0.324 e. The fraction of sp³-hybridized carbons (Fsp3) is 1.00. The molecule has 0 saturated heterocycles. The van der Waals surface area contributed by atoms with Crippen molar-refractivity contribution < 1.29 is 30.0 Å². The molecule has 0 aliphatic rings. The second kappa shape index (κ2) is 13.2. The molecule has 0 bridgehead atoms. The zero-order chi connectivity index (χ0) is 11.4. The van der Waals surface area contributed by atoms with Crippen molar-refractivity contribution in [1.82, 2.24) is 0 Å².